The highest BCUT2D eigenvalue weighted by Crippen LogP contribution is 2.26. The summed E-state index contributed by atoms with van der Waals surface area (Å²) in [5.74, 6) is 1.55. The Bertz CT molecular complexity index is 1040. The zero-order chi connectivity index (χ0) is 21.1. The molecule has 3 aromatic rings. The van der Waals surface area contributed by atoms with Crippen LogP contribution in [0.1, 0.15) is 22.8 Å². The van der Waals surface area contributed by atoms with Gasteiger partial charge in [-0.3, -0.25) is 4.79 Å². The Morgan fingerprint density at radius 2 is 1.87 bits per heavy atom. The lowest BCUT2D eigenvalue weighted by Gasteiger charge is -2.40. The summed E-state index contributed by atoms with van der Waals surface area (Å²) in [6, 6.07) is 15.2. The topological polar surface area (TPSA) is 58.6 Å². The first-order valence-electron chi connectivity index (χ1n) is 9.88. The lowest BCUT2D eigenvalue weighted by Crippen LogP contribution is -2.54. The molecular formula is C23H23FN4O2. The van der Waals surface area contributed by atoms with Gasteiger partial charge in [0.25, 0.3) is 5.91 Å². The maximum atomic E-state index is 13.1. The average Bonchev–Trinajstić information content (AvgIpc) is 2.75. The van der Waals surface area contributed by atoms with Gasteiger partial charge in [-0.05, 0) is 49.7 Å². The number of halogens is 1. The van der Waals surface area contributed by atoms with E-state index >= 15 is 0 Å². The van der Waals surface area contributed by atoms with E-state index in [1.165, 1.54) is 30.6 Å². The number of para-hydroxylation sites is 1. The molecule has 1 amide bonds. The van der Waals surface area contributed by atoms with Crippen LogP contribution in [-0.2, 0) is 0 Å². The minimum atomic E-state index is -0.350. The zero-order valence-electron chi connectivity index (χ0n) is 17.0. The van der Waals surface area contributed by atoms with Crippen LogP contribution in [0.15, 0.2) is 60.9 Å². The molecule has 1 fully saturated rings. The van der Waals surface area contributed by atoms with Gasteiger partial charge in [-0.15, -0.1) is 0 Å². The fourth-order valence-electron chi connectivity index (χ4n) is 3.57. The Morgan fingerprint density at radius 3 is 2.60 bits per heavy atom. The molecule has 1 aliphatic heterocycles. The van der Waals surface area contributed by atoms with Gasteiger partial charge < -0.3 is 14.5 Å². The van der Waals surface area contributed by atoms with Gasteiger partial charge in [0.1, 0.15) is 23.7 Å². The quantitative estimate of drug-likeness (QED) is 0.654. The van der Waals surface area contributed by atoms with E-state index in [9.17, 15) is 9.18 Å². The number of aromatic nitrogens is 2. The number of nitrogens with zero attached hydrogens (tertiary/aromatic N) is 4. The molecule has 6 nitrogen and oxygen atoms in total. The minimum Gasteiger partial charge on any atom is -0.439 e. The Kier molecular flexibility index (Phi) is 5.61. The summed E-state index contributed by atoms with van der Waals surface area (Å²) in [4.78, 5) is 25.3. The van der Waals surface area contributed by atoms with Gasteiger partial charge in [0.2, 0.25) is 5.88 Å². The van der Waals surface area contributed by atoms with Crippen molar-refractivity contribution in [1.29, 1.82) is 0 Å². The Labute approximate surface area is 174 Å². The molecule has 1 saturated heterocycles. The number of aryl methyl sites for hydroxylation is 1. The zero-order valence-corrected chi connectivity index (χ0v) is 17.0. The molecule has 2 aromatic carbocycles. The van der Waals surface area contributed by atoms with Crippen molar-refractivity contribution in [2.24, 2.45) is 0 Å². The van der Waals surface area contributed by atoms with E-state index in [-0.39, 0.29) is 17.8 Å². The summed E-state index contributed by atoms with van der Waals surface area (Å²) >= 11 is 0. The number of benzene rings is 2. The van der Waals surface area contributed by atoms with Gasteiger partial charge in [-0.1, -0.05) is 18.2 Å². The second-order valence-corrected chi connectivity index (χ2v) is 7.38. The van der Waals surface area contributed by atoms with Crippen LogP contribution in [0.5, 0.6) is 11.6 Å². The van der Waals surface area contributed by atoms with Crippen LogP contribution in [0.2, 0.25) is 0 Å². The van der Waals surface area contributed by atoms with Crippen LogP contribution in [0.25, 0.3) is 0 Å². The molecular weight excluding hydrogens is 383 g/mol. The summed E-state index contributed by atoms with van der Waals surface area (Å²) in [7, 11) is 0. The van der Waals surface area contributed by atoms with E-state index in [0.717, 1.165) is 17.1 Å². The lowest BCUT2D eigenvalue weighted by molar-refractivity contribution is 0.0673. The molecule has 0 aliphatic carbocycles. The normalized spacial score (nSPS) is 16.4. The molecule has 0 spiro atoms. The number of rotatable bonds is 4. The Morgan fingerprint density at radius 1 is 1.10 bits per heavy atom. The third-order valence-corrected chi connectivity index (χ3v) is 5.24. The summed E-state index contributed by atoms with van der Waals surface area (Å²) in [5.41, 5.74) is 1.52. The fourth-order valence-corrected chi connectivity index (χ4v) is 3.57. The molecule has 2 heterocycles. The van der Waals surface area contributed by atoms with Gasteiger partial charge in [-0.25, -0.2) is 14.4 Å². The molecule has 1 aromatic heterocycles. The second kappa shape index (κ2) is 8.49. The molecule has 4 rings (SSSR count). The number of piperazine rings is 1. The van der Waals surface area contributed by atoms with Crippen molar-refractivity contribution in [3.63, 3.8) is 0 Å². The van der Waals surface area contributed by atoms with Gasteiger partial charge in [-0.2, -0.15) is 0 Å². The number of anilines is 1. The molecule has 7 heteroatoms. The predicted octanol–water partition coefficient (Wildman–Crippen LogP) is 4.07. The third kappa shape index (κ3) is 4.25. The molecule has 0 radical (unpaired) electrons. The summed E-state index contributed by atoms with van der Waals surface area (Å²) in [6.45, 7) is 5.80. The van der Waals surface area contributed by atoms with E-state index < -0.39 is 0 Å². The Balaban J connectivity index is 1.45. The van der Waals surface area contributed by atoms with Crippen molar-refractivity contribution in [2.75, 3.05) is 24.5 Å². The first-order valence-corrected chi connectivity index (χ1v) is 9.88. The smallest absolute Gasteiger partial charge is 0.254 e. The fraction of sp³-hybridized carbons (Fsp3) is 0.261. The van der Waals surface area contributed by atoms with Crippen LogP contribution in [0.3, 0.4) is 0 Å². The van der Waals surface area contributed by atoms with Gasteiger partial charge in [0, 0.05) is 37.3 Å². The lowest BCUT2D eigenvalue weighted by atomic mass is 10.1. The number of carbonyl (C=O) groups is 1. The molecule has 30 heavy (non-hydrogen) atoms. The maximum Gasteiger partial charge on any atom is 0.254 e. The molecule has 154 valence electrons. The van der Waals surface area contributed by atoms with Crippen molar-refractivity contribution in [3.8, 4) is 11.6 Å². The minimum absolute atomic E-state index is 0.0213. The number of hydrogen-bond acceptors (Lipinski definition) is 5. The molecule has 1 atom stereocenters. The van der Waals surface area contributed by atoms with E-state index in [4.69, 9.17) is 4.74 Å². The average molecular weight is 406 g/mol. The van der Waals surface area contributed by atoms with Crippen molar-refractivity contribution in [2.45, 2.75) is 19.9 Å². The summed E-state index contributed by atoms with van der Waals surface area (Å²) in [6.07, 6.45) is 1.49. The summed E-state index contributed by atoms with van der Waals surface area (Å²) in [5, 5.41) is 0. The Hall–Kier alpha value is -3.48. The molecule has 0 N–H and O–H groups in total. The standard InChI is InChI=1S/C23H23FN4O2/c1-16-5-3-4-6-20(16)30-22-13-21(25-15-26-22)27-11-12-28(17(2)14-27)23(29)18-7-9-19(24)10-8-18/h3-10,13,15,17H,11-12,14H2,1-2H3/t17-/m1/s1. The van der Waals surface area contributed by atoms with E-state index in [0.29, 0.717) is 31.1 Å². The third-order valence-electron chi connectivity index (χ3n) is 5.24. The van der Waals surface area contributed by atoms with Crippen molar-refractivity contribution in [1.82, 2.24) is 14.9 Å². The number of ether oxygens (including phenoxy) is 1. The highest BCUT2D eigenvalue weighted by molar-refractivity contribution is 5.94. The first kappa shape index (κ1) is 19.8. The van der Waals surface area contributed by atoms with Crippen molar-refractivity contribution in [3.05, 3.63) is 77.9 Å². The predicted molar refractivity (Wildman–Crippen MR) is 112 cm³/mol. The van der Waals surface area contributed by atoms with E-state index in [2.05, 4.69) is 14.9 Å². The number of amides is 1. The molecule has 0 unspecified atom stereocenters. The first-order chi connectivity index (χ1) is 14.5. The number of carbonyl (C=O) groups excluding carboxylic acids is 1. The van der Waals surface area contributed by atoms with Crippen LogP contribution < -0.4 is 9.64 Å². The van der Waals surface area contributed by atoms with Crippen LogP contribution in [0, 0.1) is 12.7 Å². The van der Waals surface area contributed by atoms with Gasteiger partial charge in [0.15, 0.2) is 0 Å². The molecule has 0 saturated carbocycles. The van der Waals surface area contributed by atoms with Crippen LogP contribution >= 0.6 is 0 Å². The van der Waals surface area contributed by atoms with Crippen LogP contribution in [0.4, 0.5) is 10.2 Å². The van der Waals surface area contributed by atoms with Crippen LogP contribution in [-0.4, -0.2) is 46.5 Å². The van der Waals surface area contributed by atoms with E-state index in [1.54, 1.807) is 0 Å². The highest BCUT2D eigenvalue weighted by Gasteiger charge is 2.29. The largest absolute Gasteiger partial charge is 0.439 e. The SMILES string of the molecule is Cc1ccccc1Oc1cc(N2CCN(C(=O)c3ccc(F)cc3)[C@H](C)C2)ncn1. The second-order valence-electron chi connectivity index (χ2n) is 7.38. The van der Waals surface area contributed by atoms with Crippen molar-refractivity contribution >= 4 is 11.7 Å². The molecule has 0 bridgehead atoms. The monoisotopic (exact) mass is 406 g/mol. The summed E-state index contributed by atoms with van der Waals surface area (Å²) < 4.78 is 19.1. The van der Waals surface area contributed by atoms with Gasteiger partial charge in [0.05, 0.1) is 0 Å². The highest BCUT2D eigenvalue weighted by atomic mass is 19.1. The number of hydrogen-bond donors (Lipinski definition) is 0. The maximum absolute atomic E-state index is 13.1. The van der Waals surface area contributed by atoms with Crippen molar-refractivity contribution < 1.29 is 13.9 Å². The van der Waals surface area contributed by atoms with E-state index in [1.807, 2.05) is 49.1 Å². The molecule has 1 aliphatic rings. The van der Waals surface area contributed by atoms with Gasteiger partial charge >= 0.3 is 0 Å².